The van der Waals surface area contributed by atoms with E-state index in [1.807, 2.05) is 12.1 Å². The second-order valence-corrected chi connectivity index (χ2v) is 4.99. The van der Waals surface area contributed by atoms with E-state index >= 15 is 0 Å². The molecule has 2 aromatic carbocycles. The first-order valence-electron chi connectivity index (χ1n) is 7.03. The van der Waals surface area contributed by atoms with Crippen molar-refractivity contribution < 1.29 is 0 Å². The summed E-state index contributed by atoms with van der Waals surface area (Å²) >= 11 is 0. The molecule has 0 saturated heterocycles. The summed E-state index contributed by atoms with van der Waals surface area (Å²) in [6.07, 6.45) is 0.980. The van der Waals surface area contributed by atoms with E-state index in [4.69, 9.17) is 10.8 Å². The lowest BCUT2D eigenvalue weighted by atomic mass is 10.1. The highest BCUT2D eigenvalue weighted by Gasteiger charge is 2.23. The van der Waals surface area contributed by atoms with Crippen molar-refractivity contribution in [1.29, 1.82) is 0 Å². The van der Waals surface area contributed by atoms with Gasteiger partial charge in [0, 0.05) is 19.5 Å². The average molecular weight is 265 g/mol. The maximum Gasteiger partial charge on any atom is 0.0842 e. The largest absolute Gasteiger partial charge is 0.328 e. The number of nitrogens with two attached hydrogens (primary N) is 1. The second kappa shape index (κ2) is 5.88. The summed E-state index contributed by atoms with van der Waals surface area (Å²) < 4.78 is 0. The highest BCUT2D eigenvalue weighted by atomic mass is 15.5. The Labute approximate surface area is 119 Å². The molecule has 1 atom stereocenters. The number of benzene rings is 2. The van der Waals surface area contributed by atoms with Crippen LogP contribution in [0.1, 0.15) is 23.6 Å². The van der Waals surface area contributed by atoms with Crippen LogP contribution in [-0.2, 0) is 0 Å². The van der Waals surface area contributed by atoms with Crippen LogP contribution in [0.4, 0.5) is 0 Å². The van der Waals surface area contributed by atoms with Crippen LogP contribution in [0, 0.1) is 0 Å². The molecule has 0 amide bonds. The number of rotatable bonds is 4. The van der Waals surface area contributed by atoms with E-state index in [9.17, 15) is 0 Å². The van der Waals surface area contributed by atoms with Crippen LogP contribution in [0.25, 0.3) is 0 Å². The molecule has 3 rings (SSSR count). The van der Waals surface area contributed by atoms with E-state index in [0.717, 1.165) is 18.7 Å². The molecule has 0 fully saturated rings. The maximum atomic E-state index is 5.96. The van der Waals surface area contributed by atoms with Crippen LogP contribution in [0.15, 0.2) is 65.8 Å². The summed E-state index contributed by atoms with van der Waals surface area (Å²) in [5, 5.41) is 6.90. The predicted octanol–water partition coefficient (Wildman–Crippen LogP) is 2.80. The van der Waals surface area contributed by atoms with Gasteiger partial charge in [-0.2, -0.15) is 5.10 Å². The Hall–Kier alpha value is -2.13. The molecule has 0 bridgehead atoms. The lowest BCUT2D eigenvalue weighted by Crippen LogP contribution is -2.28. The lowest BCUT2D eigenvalue weighted by molar-refractivity contribution is 0.234. The van der Waals surface area contributed by atoms with Crippen molar-refractivity contribution in [3.8, 4) is 0 Å². The van der Waals surface area contributed by atoms with Gasteiger partial charge in [-0.05, 0) is 11.1 Å². The molecule has 1 aliphatic heterocycles. The van der Waals surface area contributed by atoms with Gasteiger partial charge in [-0.15, -0.1) is 0 Å². The second-order valence-electron chi connectivity index (χ2n) is 4.99. The Balaban J connectivity index is 1.83. The van der Waals surface area contributed by atoms with E-state index in [2.05, 4.69) is 53.5 Å². The van der Waals surface area contributed by atoms with Crippen LogP contribution in [-0.4, -0.2) is 23.8 Å². The van der Waals surface area contributed by atoms with Gasteiger partial charge in [0.1, 0.15) is 0 Å². The molecular formula is C17H19N3. The van der Waals surface area contributed by atoms with Gasteiger partial charge < -0.3 is 5.73 Å². The van der Waals surface area contributed by atoms with Gasteiger partial charge >= 0.3 is 0 Å². The average Bonchev–Trinajstić information content (AvgIpc) is 3.00. The quantitative estimate of drug-likeness (QED) is 0.923. The van der Waals surface area contributed by atoms with Crippen LogP contribution in [0.3, 0.4) is 0 Å². The zero-order valence-corrected chi connectivity index (χ0v) is 11.4. The molecule has 0 unspecified atom stereocenters. The molecule has 1 heterocycles. The van der Waals surface area contributed by atoms with Gasteiger partial charge in [0.25, 0.3) is 0 Å². The van der Waals surface area contributed by atoms with Gasteiger partial charge in [-0.1, -0.05) is 60.7 Å². The third-order valence-electron chi connectivity index (χ3n) is 3.70. The van der Waals surface area contributed by atoms with Crippen molar-refractivity contribution in [3.63, 3.8) is 0 Å². The number of hydrazone groups is 1. The normalized spacial score (nSPS) is 16.1. The van der Waals surface area contributed by atoms with Crippen molar-refractivity contribution in [3.05, 3.63) is 71.8 Å². The zero-order chi connectivity index (χ0) is 13.8. The minimum atomic E-state index is 0.164. The van der Waals surface area contributed by atoms with Gasteiger partial charge in [-0.3, -0.25) is 5.01 Å². The van der Waals surface area contributed by atoms with Crippen molar-refractivity contribution in [2.45, 2.75) is 12.5 Å². The fourth-order valence-electron chi connectivity index (χ4n) is 2.64. The first-order valence-corrected chi connectivity index (χ1v) is 7.03. The Morgan fingerprint density at radius 2 is 1.65 bits per heavy atom. The summed E-state index contributed by atoms with van der Waals surface area (Å²) in [4.78, 5) is 0. The molecule has 3 nitrogen and oxygen atoms in total. The zero-order valence-electron chi connectivity index (χ0n) is 11.4. The number of hydrogen-bond donors (Lipinski definition) is 1. The smallest absolute Gasteiger partial charge is 0.0842 e. The summed E-state index contributed by atoms with van der Waals surface area (Å²) in [7, 11) is 0. The highest BCUT2D eigenvalue weighted by molar-refractivity contribution is 6.01. The third kappa shape index (κ3) is 2.58. The van der Waals surface area contributed by atoms with Crippen LogP contribution >= 0.6 is 0 Å². The van der Waals surface area contributed by atoms with Crippen LogP contribution in [0.5, 0.6) is 0 Å². The van der Waals surface area contributed by atoms with Crippen molar-refractivity contribution in [1.82, 2.24) is 5.01 Å². The van der Waals surface area contributed by atoms with Gasteiger partial charge in [0.15, 0.2) is 0 Å². The monoisotopic (exact) mass is 265 g/mol. The Morgan fingerprint density at radius 3 is 2.30 bits per heavy atom. The first kappa shape index (κ1) is 12.9. The summed E-state index contributed by atoms with van der Waals surface area (Å²) in [5.41, 5.74) is 9.55. The summed E-state index contributed by atoms with van der Waals surface area (Å²) in [6.45, 7) is 1.51. The molecule has 2 N–H and O–H groups in total. The van der Waals surface area contributed by atoms with Crippen LogP contribution < -0.4 is 5.73 Å². The van der Waals surface area contributed by atoms with Crippen molar-refractivity contribution >= 4 is 5.71 Å². The minimum absolute atomic E-state index is 0.164. The Morgan fingerprint density at radius 1 is 1.00 bits per heavy atom. The predicted molar refractivity (Wildman–Crippen MR) is 82.5 cm³/mol. The van der Waals surface area contributed by atoms with Gasteiger partial charge in [-0.25, -0.2) is 0 Å². The van der Waals surface area contributed by atoms with E-state index in [-0.39, 0.29) is 6.04 Å². The van der Waals surface area contributed by atoms with E-state index in [1.54, 1.807) is 0 Å². The molecule has 20 heavy (non-hydrogen) atoms. The first-order chi connectivity index (χ1) is 9.88. The molecule has 0 aromatic heterocycles. The molecule has 1 aliphatic rings. The molecule has 3 heteroatoms. The molecule has 102 valence electrons. The van der Waals surface area contributed by atoms with Gasteiger partial charge in [0.2, 0.25) is 0 Å². The standard InChI is InChI=1S/C17H19N3/c18-13-17(15-9-5-2-6-10-15)20-12-11-16(19-20)14-7-3-1-4-8-14/h1-10,17H,11-13,18H2/t17-/m0/s1. The fourth-order valence-corrected chi connectivity index (χ4v) is 2.64. The molecule has 0 spiro atoms. The lowest BCUT2D eigenvalue weighted by Gasteiger charge is -2.25. The molecule has 2 aromatic rings. The van der Waals surface area contributed by atoms with E-state index in [1.165, 1.54) is 11.1 Å². The number of nitrogens with zero attached hydrogens (tertiary/aromatic N) is 2. The van der Waals surface area contributed by atoms with Gasteiger partial charge in [0.05, 0.1) is 11.8 Å². The van der Waals surface area contributed by atoms with Crippen LogP contribution in [0.2, 0.25) is 0 Å². The SMILES string of the molecule is NC[C@@H](c1ccccc1)N1CCC(c2ccccc2)=N1. The minimum Gasteiger partial charge on any atom is -0.328 e. The topological polar surface area (TPSA) is 41.6 Å². The maximum absolute atomic E-state index is 5.96. The molecule has 0 saturated carbocycles. The Kier molecular flexibility index (Phi) is 3.79. The molecule has 0 radical (unpaired) electrons. The summed E-state index contributed by atoms with van der Waals surface area (Å²) in [5.74, 6) is 0. The molecular weight excluding hydrogens is 246 g/mol. The fraction of sp³-hybridized carbons (Fsp3) is 0.235. The number of hydrogen-bond acceptors (Lipinski definition) is 3. The van der Waals surface area contributed by atoms with E-state index < -0.39 is 0 Å². The third-order valence-corrected chi connectivity index (χ3v) is 3.70. The highest BCUT2D eigenvalue weighted by Crippen LogP contribution is 2.25. The van der Waals surface area contributed by atoms with E-state index in [0.29, 0.717) is 6.54 Å². The molecule has 0 aliphatic carbocycles. The Bertz CT molecular complexity index is 578. The summed E-state index contributed by atoms with van der Waals surface area (Å²) in [6, 6.07) is 20.9. The van der Waals surface area contributed by atoms with Crippen molar-refractivity contribution in [2.75, 3.05) is 13.1 Å². The van der Waals surface area contributed by atoms with Crippen molar-refractivity contribution in [2.24, 2.45) is 10.8 Å².